The van der Waals surface area contributed by atoms with Crippen LogP contribution in [0.3, 0.4) is 0 Å². The van der Waals surface area contributed by atoms with E-state index < -0.39 is 47.2 Å². The third-order valence-corrected chi connectivity index (χ3v) is 7.21. The number of amides is 3. The summed E-state index contributed by atoms with van der Waals surface area (Å²) in [6.07, 6.45) is 0.272. The molecule has 1 aliphatic rings. The Labute approximate surface area is 233 Å². The number of carbonyl (C=O) groups is 4. The molecule has 3 atom stereocenters. The highest BCUT2D eigenvalue weighted by Gasteiger charge is 2.41. The maximum absolute atomic E-state index is 13.4. The maximum Gasteiger partial charge on any atom is 0.407 e. The van der Waals surface area contributed by atoms with Crippen molar-refractivity contribution in [2.24, 2.45) is 11.8 Å². The van der Waals surface area contributed by atoms with Gasteiger partial charge in [0.2, 0.25) is 23.5 Å². The molecule has 2 N–H and O–H groups in total. The topological polar surface area (TPSA) is 144 Å². The van der Waals surface area contributed by atoms with Crippen LogP contribution in [0.2, 0.25) is 0 Å². The first-order valence-electron chi connectivity index (χ1n) is 13.4. The molecule has 1 saturated heterocycles. The number of benzene rings is 1. The average Bonchev–Trinajstić information content (AvgIpc) is 3.60. The number of ketones is 1. The molecule has 3 amide bonds. The van der Waals surface area contributed by atoms with E-state index in [-0.39, 0.29) is 29.4 Å². The molecular formula is C28H38FN5O6. The lowest BCUT2D eigenvalue weighted by molar-refractivity contribution is -0.141. The number of nitrogens with one attached hydrogen (secondary N) is 2. The fourth-order valence-electron chi connectivity index (χ4n) is 4.66. The van der Waals surface area contributed by atoms with Gasteiger partial charge < -0.3 is 24.7 Å². The molecule has 1 fully saturated rings. The fourth-order valence-corrected chi connectivity index (χ4v) is 4.66. The number of halogens is 1. The van der Waals surface area contributed by atoms with Gasteiger partial charge in [0.15, 0.2) is 0 Å². The van der Waals surface area contributed by atoms with E-state index in [2.05, 4.69) is 25.6 Å². The van der Waals surface area contributed by atoms with Crippen LogP contribution >= 0.6 is 0 Å². The Bertz CT molecular complexity index is 1230. The Hall–Kier alpha value is -3.83. The van der Waals surface area contributed by atoms with Gasteiger partial charge in [0.05, 0.1) is 18.6 Å². The predicted molar refractivity (Wildman–Crippen MR) is 143 cm³/mol. The van der Waals surface area contributed by atoms with Crippen molar-refractivity contribution in [1.29, 1.82) is 0 Å². The van der Waals surface area contributed by atoms with Gasteiger partial charge in [-0.25, -0.2) is 9.18 Å². The summed E-state index contributed by atoms with van der Waals surface area (Å²) in [7, 11) is 1.21. The molecule has 40 heavy (non-hydrogen) atoms. The third kappa shape index (κ3) is 6.65. The molecule has 218 valence electrons. The smallest absolute Gasteiger partial charge is 0.407 e. The molecule has 2 aromatic rings. The van der Waals surface area contributed by atoms with Crippen LogP contribution in [0.1, 0.15) is 76.5 Å². The van der Waals surface area contributed by atoms with Crippen molar-refractivity contribution in [3.05, 3.63) is 47.4 Å². The fraction of sp³-hybridized carbons (Fsp3) is 0.571. The van der Waals surface area contributed by atoms with E-state index in [1.165, 1.54) is 24.1 Å². The van der Waals surface area contributed by atoms with E-state index in [0.717, 1.165) is 5.56 Å². The summed E-state index contributed by atoms with van der Waals surface area (Å²) in [6, 6.07) is 3.21. The van der Waals surface area contributed by atoms with Crippen LogP contribution in [0.25, 0.3) is 0 Å². The molecule has 0 spiro atoms. The molecule has 3 rings (SSSR count). The Morgan fingerprint density at radius 1 is 1.02 bits per heavy atom. The molecule has 0 saturated carbocycles. The van der Waals surface area contributed by atoms with E-state index in [0.29, 0.717) is 19.4 Å². The van der Waals surface area contributed by atoms with Crippen LogP contribution < -0.4 is 10.6 Å². The molecular weight excluding hydrogens is 521 g/mol. The minimum Gasteiger partial charge on any atom is -0.453 e. The Kier molecular flexibility index (Phi) is 9.65. The first-order chi connectivity index (χ1) is 18.8. The van der Waals surface area contributed by atoms with Crippen LogP contribution in [-0.2, 0) is 19.7 Å². The summed E-state index contributed by atoms with van der Waals surface area (Å²) < 4.78 is 23.8. The summed E-state index contributed by atoms with van der Waals surface area (Å²) in [5.41, 5.74) is -0.0799. The van der Waals surface area contributed by atoms with Gasteiger partial charge in [-0.1, -0.05) is 39.8 Å². The maximum atomic E-state index is 13.4. The van der Waals surface area contributed by atoms with Crippen LogP contribution in [0.4, 0.5) is 9.18 Å². The van der Waals surface area contributed by atoms with Crippen LogP contribution in [0.5, 0.6) is 0 Å². The summed E-state index contributed by atoms with van der Waals surface area (Å²) in [4.78, 5) is 53.4. The van der Waals surface area contributed by atoms with Crippen LogP contribution in [-0.4, -0.2) is 70.6 Å². The monoisotopic (exact) mass is 559 g/mol. The lowest BCUT2D eigenvalue weighted by Gasteiger charge is -2.31. The van der Waals surface area contributed by atoms with Gasteiger partial charge in [0.1, 0.15) is 17.9 Å². The van der Waals surface area contributed by atoms with E-state index >= 15 is 0 Å². The third-order valence-electron chi connectivity index (χ3n) is 7.21. The van der Waals surface area contributed by atoms with Crippen molar-refractivity contribution >= 4 is 23.7 Å². The van der Waals surface area contributed by atoms with Gasteiger partial charge in [-0.3, -0.25) is 14.4 Å². The number of Topliss-reactive ketones (excluding diaryl/α,β-unsaturated/α-hetero) is 1. The summed E-state index contributed by atoms with van der Waals surface area (Å²) >= 11 is 0. The zero-order chi connectivity index (χ0) is 29.8. The molecule has 12 heteroatoms. The van der Waals surface area contributed by atoms with Crippen molar-refractivity contribution in [2.45, 2.75) is 77.9 Å². The number of methoxy groups -OCH3 is 1. The second kappa shape index (κ2) is 12.6. The van der Waals surface area contributed by atoms with Crippen molar-refractivity contribution in [1.82, 2.24) is 25.7 Å². The van der Waals surface area contributed by atoms with Gasteiger partial charge >= 0.3 is 6.09 Å². The number of carbonyl (C=O) groups excluding carboxylic acids is 4. The number of rotatable bonds is 10. The van der Waals surface area contributed by atoms with Crippen LogP contribution in [0, 0.1) is 17.7 Å². The summed E-state index contributed by atoms with van der Waals surface area (Å²) in [5, 5.41) is 13.3. The number of ether oxygens (including phenoxy) is 1. The predicted octanol–water partition coefficient (Wildman–Crippen LogP) is 3.23. The molecule has 1 aromatic carbocycles. The quantitative estimate of drug-likeness (QED) is 0.422. The van der Waals surface area contributed by atoms with Gasteiger partial charge in [-0.2, -0.15) is 0 Å². The van der Waals surface area contributed by atoms with Crippen LogP contribution in [0.15, 0.2) is 28.7 Å². The van der Waals surface area contributed by atoms with E-state index in [4.69, 9.17) is 4.42 Å². The normalized spacial score (nSPS) is 17.1. The first kappa shape index (κ1) is 30.7. The molecule has 2 heterocycles. The van der Waals surface area contributed by atoms with E-state index in [9.17, 15) is 23.6 Å². The van der Waals surface area contributed by atoms with E-state index in [1.807, 2.05) is 13.8 Å². The minimum absolute atomic E-state index is 0.168. The van der Waals surface area contributed by atoms with Gasteiger partial charge in [0, 0.05) is 6.54 Å². The lowest BCUT2D eigenvalue weighted by atomic mass is 9.84. The minimum atomic E-state index is -0.985. The molecule has 0 unspecified atom stereocenters. The lowest BCUT2D eigenvalue weighted by Crippen LogP contribution is -2.57. The number of alkyl carbamates (subject to hydrolysis) is 1. The number of hydrogen-bond donors (Lipinski definition) is 2. The van der Waals surface area contributed by atoms with Crippen molar-refractivity contribution < 1.29 is 32.7 Å². The molecule has 0 radical (unpaired) electrons. The number of nitrogens with zero attached hydrogens (tertiary/aromatic N) is 3. The zero-order valence-electron chi connectivity index (χ0n) is 24.0. The highest BCUT2D eigenvalue weighted by atomic mass is 19.1. The van der Waals surface area contributed by atoms with Crippen molar-refractivity contribution in [2.75, 3.05) is 13.7 Å². The average molecular weight is 560 g/mol. The van der Waals surface area contributed by atoms with E-state index in [1.54, 1.807) is 39.8 Å². The SMILES string of the molecule is COC(=O)N[C@H](C(=O)N1CCC[C@H]1C(=O)N[C@@H](C(=O)c1nnc(C(C)(C)c2ccc(F)cc2)o1)C(C)C)C(C)C. The first-order valence-corrected chi connectivity index (χ1v) is 13.4. The van der Waals surface area contributed by atoms with Crippen molar-refractivity contribution in [3.63, 3.8) is 0 Å². The zero-order valence-corrected chi connectivity index (χ0v) is 24.0. The summed E-state index contributed by atoms with van der Waals surface area (Å²) in [5.74, 6) is -2.47. The summed E-state index contributed by atoms with van der Waals surface area (Å²) in [6.45, 7) is 11.1. The second-order valence-electron chi connectivity index (χ2n) is 11.2. The molecule has 1 aromatic heterocycles. The number of likely N-dealkylation sites (tertiary alicyclic amines) is 1. The Morgan fingerprint density at radius 3 is 2.23 bits per heavy atom. The molecule has 1 aliphatic heterocycles. The van der Waals surface area contributed by atoms with Gasteiger partial charge in [0.25, 0.3) is 5.89 Å². The second-order valence-corrected chi connectivity index (χ2v) is 11.2. The van der Waals surface area contributed by atoms with Gasteiger partial charge in [-0.05, 0) is 56.2 Å². The largest absolute Gasteiger partial charge is 0.453 e. The highest BCUT2D eigenvalue weighted by Crippen LogP contribution is 2.31. The Morgan fingerprint density at radius 2 is 1.65 bits per heavy atom. The molecule has 0 aliphatic carbocycles. The number of aromatic nitrogens is 2. The Balaban J connectivity index is 1.77. The molecule has 11 nitrogen and oxygen atoms in total. The van der Waals surface area contributed by atoms with Crippen molar-refractivity contribution in [3.8, 4) is 0 Å². The van der Waals surface area contributed by atoms with Gasteiger partial charge in [-0.15, -0.1) is 10.2 Å². The molecule has 0 bridgehead atoms. The number of hydrogen-bond acceptors (Lipinski definition) is 8. The standard InChI is InChI=1S/C28H38FN5O6/c1-15(2)20(22(35)24-32-33-26(40-24)28(5,6)17-10-12-18(29)13-11-17)30-23(36)19-9-8-14-34(19)25(37)21(16(3)4)31-27(38)39-7/h10-13,15-16,19-21H,8-9,14H2,1-7H3,(H,30,36)(H,31,38)/t19-,20+,21-/m0/s1. The highest BCUT2D eigenvalue weighted by molar-refractivity contribution is 6.00.